The summed E-state index contributed by atoms with van der Waals surface area (Å²) in [6.07, 6.45) is 4.65. The van der Waals surface area contributed by atoms with E-state index in [4.69, 9.17) is 4.74 Å². The SMILES string of the molecule is CCN(C)S(=O)(=O)Nc1ccc(F)c(Oc2ccc3ncn(CCC(C)C4CCNCC4)c(=O)c3c2)c1C#N. The molecule has 0 aliphatic carbocycles. The van der Waals surface area contributed by atoms with Crippen molar-refractivity contribution in [2.24, 2.45) is 11.8 Å². The maximum Gasteiger partial charge on any atom is 0.301 e. The highest BCUT2D eigenvalue weighted by molar-refractivity contribution is 7.90. The standard InChI is InChI=1S/C27H33FN6O4S/c1-4-33(3)39(36,37)32-25-8-6-23(28)26(22(25)16-29)38-20-5-7-24-21(15-20)27(35)34(17-31-24)14-11-18(2)19-9-12-30-13-10-19/h5-8,15,17-19,30,32H,4,9-14H2,1-3H3. The van der Waals surface area contributed by atoms with Gasteiger partial charge in [0.2, 0.25) is 0 Å². The number of halogens is 1. The summed E-state index contributed by atoms with van der Waals surface area (Å²) in [7, 11) is -2.58. The Hall–Kier alpha value is -3.53. The summed E-state index contributed by atoms with van der Waals surface area (Å²) in [5.74, 6) is -0.0887. The van der Waals surface area contributed by atoms with Crippen molar-refractivity contribution >= 4 is 26.8 Å². The first kappa shape index (κ1) is 28.5. The van der Waals surface area contributed by atoms with E-state index in [2.05, 4.69) is 21.9 Å². The number of nitrogens with zero attached hydrogens (tertiary/aromatic N) is 4. The van der Waals surface area contributed by atoms with Gasteiger partial charge in [-0.25, -0.2) is 9.37 Å². The first-order chi connectivity index (χ1) is 18.6. The highest BCUT2D eigenvalue weighted by Gasteiger charge is 2.23. The third-order valence-corrected chi connectivity index (χ3v) is 8.90. The Bertz CT molecular complexity index is 1550. The molecule has 2 aromatic carbocycles. The second-order valence-electron chi connectivity index (χ2n) is 9.81. The van der Waals surface area contributed by atoms with E-state index in [9.17, 15) is 22.9 Å². The monoisotopic (exact) mass is 556 g/mol. The van der Waals surface area contributed by atoms with E-state index in [0.717, 1.165) is 48.8 Å². The molecule has 1 saturated heterocycles. The van der Waals surface area contributed by atoms with Gasteiger partial charge in [-0.3, -0.25) is 14.1 Å². The molecule has 2 heterocycles. The van der Waals surface area contributed by atoms with Crippen LogP contribution in [0.4, 0.5) is 10.1 Å². The van der Waals surface area contributed by atoms with Crippen LogP contribution in [-0.4, -0.2) is 49.0 Å². The van der Waals surface area contributed by atoms with E-state index in [1.807, 2.05) is 6.07 Å². The molecular weight excluding hydrogens is 523 g/mol. The summed E-state index contributed by atoms with van der Waals surface area (Å²) in [5.41, 5.74) is -0.228. The first-order valence-electron chi connectivity index (χ1n) is 13.0. The largest absolute Gasteiger partial charge is 0.453 e. The fourth-order valence-electron chi connectivity index (χ4n) is 4.71. The Morgan fingerprint density at radius 3 is 2.74 bits per heavy atom. The number of rotatable bonds is 10. The minimum atomic E-state index is -3.96. The van der Waals surface area contributed by atoms with Gasteiger partial charge < -0.3 is 10.1 Å². The predicted molar refractivity (Wildman–Crippen MR) is 147 cm³/mol. The van der Waals surface area contributed by atoms with Crippen LogP contribution >= 0.6 is 0 Å². The van der Waals surface area contributed by atoms with Crippen molar-refractivity contribution in [3.05, 3.63) is 58.4 Å². The van der Waals surface area contributed by atoms with Gasteiger partial charge in [-0.2, -0.15) is 18.0 Å². The van der Waals surface area contributed by atoms with Gasteiger partial charge >= 0.3 is 10.2 Å². The topological polar surface area (TPSA) is 129 Å². The molecule has 0 radical (unpaired) electrons. The lowest BCUT2D eigenvalue weighted by Crippen LogP contribution is -2.32. The zero-order chi connectivity index (χ0) is 28.2. The smallest absolute Gasteiger partial charge is 0.301 e. The molecular formula is C27H33FN6O4S. The predicted octanol–water partition coefficient (Wildman–Crippen LogP) is 3.83. The Balaban J connectivity index is 1.60. The van der Waals surface area contributed by atoms with Gasteiger partial charge in [0.15, 0.2) is 11.6 Å². The fourth-order valence-corrected chi connectivity index (χ4v) is 5.65. The minimum absolute atomic E-state index is 0.114. The summed E-state index contributed by atoms with van der Waals surface area (Å²) < 4.78 is 50.4. The van der Waals surface area contributed by atoms with Crippen LogP contribution in [0.15, 0.2) is 41.5 Å². The minimum Gasteiger partial charge on any atom is -0.453 e. The van der Waals surface area contributed by atoms with Crippen molar-refractivity contribution in [1.82, 2.24) is 19.2 Å². The van der Waals surface area contributed by atoms with Crippen LogP contribution in [-0.2, 0) is 16.8 Å². The lowest BCUT2D eigenvalue weighted by Gasteiger charge is -2.28. The molecule has 1 fully saturated rings. The number of piperidine rings is 1. The Morgan fingerprint density at radius 1 is 1.31 bits per heavy atom. The van der Waals surface area contributed by atoms with Gasteiger partial charge in [0, 0.05) is 20.1 Å². The van der Waals surface area contributed by atoms with Gasteiger partial charge in [0.25, 0.3) is 5.56 Å². The molecule has 12 heteroatoms. The fraction of sp³-hybridized carbons (Fsp3) is 0.444. The second-order valence-corrected chi connectivity index (χ2v) is 11.6. The average molecular weight is 557 g/mol. The number of fused-ring (bicyclic) bond motifs is 1. The molecule has 1 atom stereocenters. The number of aromatic nitrogens is 2. The van der Waals surface area contributed by atoms with Crippen LogP contribution in [0.25, 0.3) is 10.9 Å². The molecule has 2 N–H and O–H groups in total. The van der Waals surface area contributed by atoms with Crippen LogP contribution in [0.5, 0.6) is 11.5 Å². The number of anilines is 1. The molecule has 1 unspecified atom stereocenters. The van der Waals surface area contributed by atoms with Gasteiger partial charge in [-0.05, 0) is 74.5 Å². The first-order valence-corrected chi connectivity index (χ1v) is 14.4. The number of hydrogen-bond acceptors (Lipinski definition) is 7. The summed E-state index contributed by atoms with van der Waals surface area (Å²) in [4.78, 5) is 17.7. The van der Waals surface area contributed by atoms with E-state index < -0.39 is 21.8 Å². The van der Waals surface area contributed by atoms with Crippen LogP contribution in [0.1, 0.15) is 38.7 Å². The van der Waals surface area contributed by atoms with E-state index in [1.54, 1.807) is 17.6 Å². The van der Waals surface area contributed by atoms with Crippen LogP contribution in [0.2, 0.25) is 0 Å². The van der Waals surface area contributed by atoms with Crippen LogP contribution in [0.3, 0.4) is 0 Å². The van der Waals surface area contributed by atoms with Crippen LogP contribution < -0.4 is 20.3 Å². The number of nitrogens with one attached hydrogen (secondary N) is 2. The van der Waals surface area contributed by atoms with E-state index in [-0.39, 0.29) is 29.1 Å². The molecule has 0 spiro atoms. The van der Waals surface area contributed by atoms with Crippen molar-refractivity contribution in [2.75, 3.05) is 31.4 Å². The van der Waals surface area contributed by atoms with Crippen molar-refractivity contribution in [3.63, 3.8) is 0 Å². The Labute approximate surface area is 227 Å². The summed E-state index contributed by atoms with van der Waals surface area (Å²) >= 11 is 0. The van der Waals surface area contributed by atoms with Crippen molar-refractivity contribution < 1.29 is 17.5 Å². The number of benzene rings is 2. The van der Waals surface area contributed by atoms with Crippen molar-refractivity contribution in [1.29, 1.82) is 5.26 Å². The molecule has 0 saturated carbocycles. The highest BCUT2D eigenvalue weighted by atomic mass is 32.2. The molecule has 1 aliphatic heterocycles. The summed E-state index contributed by atoms with van der Waals surface area (Å²) in [6.45, 7) is 6.64. The number of nitriles is 1. The quantitative estimate of drug-likeness (QED) is 0.388. The van der Waals surface area contributed by atoms with Gasteiger partial charge in [0.05, 0.1) is 22.9 Å². The zero-order valence-corrected chi connectivity index (χ0v) is 23.1. The third kappa shape index (κ3) is 6.38. The number of hydrogen-bond donors (Lipinski definition) is 2. The molecule has 3 aromatic rings. The van der Waals surface area contributed by atoms with Crippen LogP contribution in [0, 0.1) is 29.0 Å². The van der Waals surface area contributed by atoms with Crippen molar-refractivity contribution in [2.45, 2.75) is 39.7 Å². The van der Waals surface area contributed by atoms with E-state index >= 15 is 0 Å². The molecule has 4 rings (SSSR count). The average Bonchev–Trinajstić information content (AvgIpc) is 2.94. The van der Waals surface area contributed by atoms with Gasteiger partial charge in [-0.15, -0.1) is 0 Å². The number of ether oxygens (including phenoxy) is 1. The molecule has 1 aromatic heterocycles. The lowest BCUT2D eigenvalue weighted by atomic mass is 9.84. The Morgan fingerprint density at radius 2 is 2.05 bits per heavy atom. The third-order valence-electron chi connectivity index (χ3n) is 7.35. The molecule has 39 heavy (non-hydrogen) atoms. The molecule has 208 valence electrons. The lowest BCUT2D eigenvalue weighted by molar-refractivity contribution is 0.254. The van der Waals surface area contributed by atoms with E-state index in [1.165, 1.54) is 25.5 Å². The normalized spacial score (nSPS) is 15.3. The zero-order valence-electron chi connectivity index (χ0n) is 22.3. The Kier molecular flexibility index (Phi) is 8.84. The maximum atomic E-state index is 14.8. The van der Waals surface area contributed by atoms with E-state index in [0.29, 0.717) is 29.3 Å². The van der Waals surface area contributed by atoms with Gasteiger partial charge in [0.1, 0.15) is 17.4 Å². The molecule has 1 aliphatic rings. The van der Waals surface area contributed by atoms with Gasteiger partial charge in [-0.1, -0.05) is 13.8 Å². The second kappa shape index (κ2) is 12.1. The number of aryl methyl sites for hydroxylation is 1. The summed E-state index contributed by atoms with van der Waals surface area (Å²) in [6, 6.07) is 8.56. The highest BCUT2D eigenvalue weighted by Crippen LogP contribution is 2.34. The maximum absolute atomic E-state index is 14.8. The van der Waals surface area contributed by atoms with Crippen molar-refractivity contribution in [3.8, 4) is 17.6 Å². The molecule has 0 bridgehead atoms. The summed E-state index contributed by atoms with van der Waals surface area (Å²) in [5, 5.41) is 13.4. The molecule has 10 nitrogen and oxygen atoms in total. The molecule has 0 amide bonds.